The molecule has 2 nitrogen and oxygen atoms in total. The number of benzene rings is 1. The van der Waals surface area contributed by atoms with Gasteiger partial charge in [-0.2, -0.15) is 11.3 Å². The molecule has 0 radical (unpaired) electrons. The van der Waals surface area contributed by atoms with Gasteiger partial charge in [0.1, 0.15) is 0 Å². The molecule has 0 aliphatic heterocycles. The lowest BCUT2D eigenvalue weighted by Crippen LogP contribution is -2.26. The molecule has 2 aromatic rings. The van der Waals surface area contributed by atoms with E-state index in [0.29, 0.717) is 6.42 Å². The van der Waals surface area contributed by atoms with Gasteiger partial charge >= 0.3 is 0 Å². The van der Waals surface area contributed by atoms with Crippen molar-refractivity contribution in [1.82, 2.24) is 0 Å². The smallest absolute Gasteiger partial charge is 0.227 e. The molecule has 1 amide bonds. The van der Waals surface area contributed by atoms with E-state index in [0.717, 1.165) is 12.1 Å². The van der Waals surface area contributed by atoms with Crippen molar-refractivity contribution >= 4 is 22.9 Å². The number of thiophene rings is 1. The molecule has 3 heteroatoms. The third-order valence-electron chi connectivity index (χ3n) is 2.73. The number of amides is 1. The molecule has 0 bridgehead atoms. The van der Waals surface area contributed by atoms with E-state index in [1.165, 1.54) is 5.56 Å². The number of carbonyl (C=O) groups is 1. The minimum atomic E-state index is 0.155. The van der Waals surface area contributed by atoms with Crippen LogP contribution in [-0.4, -0.2) is 13.0 Å². The quantitative estimate of drug-likeness (QED) is 0.809. The number of hydrogen-bond donors (Lipinski definition) is 0. The van der Waals surface area contributed by atoms with E-state index in [1.807, 2.05) is 42.8 Å². The molecule has 88 valence electrons. The zero-order valence-electron chi connectivity index (χ0n) is 9.80. The molecule has 0 spiro atoms. The summed E-state index contributed by atoms with van der Waals surface area (Å²) in [5, 5.41) is 4.14. The molecule has 0 saturated heterocycles. The van der Waals surface area contributed by atoms with E-state index in [9.17, 15) is 4.79 Å². The lowest BCUT2D eigenvalue weighted by atomic mass is 10.2. The molecule has 17 heavy (non-hydrogen) atoms. The molecule has 0 saturated carbocycles. The van der Waals surface area contributed by atoms with Crippen molar-refractivity contribution in [1.29, 1.82) is 0 Å². The summed E-state index contributed by atoms with van der Waals surface area (Å²) >= 11 is 1.67. The van der Waals surface area contributed by atoms with Gasteiger partial charge in [0.15, 0.2) is 0 Å². The van der Waals surface area contributed by atoms with Crippen molar-refractivity contribution in [2.45, 2.75) is 12.8 Å². The molecule has 0 aliphatic carbocycles. The molecule has 0 fully saturated rings. The third kappa shape index (κ3) is 3.17. The summed E-state index contributed by atoms with van der Waals surface area (Å²) in [7, 11) is 1.82. The van der Waals surface area contributed by atoms with Gasteiger partial charge in [0, 0.05) is 19.2 Å². The van der Waals surface area contributed by atoms with Crippen LogP contribution in [0.5, 0.6) is 0 Å². The lowest BCUT2D eigenvalue weighted by molar-refractivity contribution is -0.118. The maximum absolute atomic E-state index is 12.0. The standard InChI is InChI=1S/C14H15NOS/c1-15(13-5-3-2-4-6-13)14(16)8-7-12-9-10-17-11-12/h2-6,9-11H,7-8H2,1H3. The van der Waals surface area contributed by atoms with E-state index in [4.69, 9.17) is 0 Å². The van der Waals surface area contributed by atoms with Crippen LogP contribution in [-0.2, 0) is 11.2 Å². The van der Waals surface area contributed by atoms with Crippen LogP contribution in [0.4, 0.5) is 5.69 Å². The number of hydrogen-bond acceptors (Lipinski definition) is 2. The number of nitrogens with zero attached hydrogens (tertiary/aromatic N) is 1. The zero-order chi connectivity index (χ0) is 12.1. The van der Waals surface area contributed by atoms with Gasteiger partial charge in [0.05, 0.1) is 0 Å². The Balaban J connectivity index is 1.92. The highest BCUT2D eigenvalue weighted by Gasteiger charge is 2.10. The SMILES string of the molecule is CN(C(=O)CCc1ccsc1)c1ccccc1. The first-order valence-electron chi connectivity index (χ1n) is 5.60. The van der Waals surface area contributed by atoms with Gasteiger partial charge in [-0.25, -0.2) is 0 Å². The van der Waals surface area contributed by atoms with Crippen LogP contribution in [0.15, 0.2) is 47.2 Å². The molecule has 0 N–H and O–H groups in total. The zero-order valence-corrected chi connectivity index (χ0v) is 10.6. The summed E-state index contributed by atoms with van der Waals surface area (Å²) in [6, 6.07) is 11.8. The van der Waals surface area contributed by atoms with Crippen LogP contribution >= 0.6 is 11.3 Å². The number of aryl methyl sites for hydroxylation is 1. The van der Waals surface area contributed by atoms with E-state index in [-0.39, 0.29) is 5.91 Å². The Hall–Kier alpha value is -1.61. The van der Waals surface area contributed by atoms with Gasteiger partial charge < -0.3 is 4.90 Å². The van der Waals surface area contributed by atoms with Crippen molar-refractivity contribution in [3.8, 4) is 0 Å². The summed E-state index contributed by atoms with van der Waals surface area (Å²) in [5.74, 6) is 0.155. The Morgan fingerprint density at radius 2 is 2.00 bits per heavy atom. The first-order valence-corrected chi connectivity index (χ1v) is 6.54. The van der Waals surface area contributed by atoms with Gasteiger partial charge in [0.2, 0.25) is 5.91 Å². The Bertz CT molecular complexity index is 464. The monoisotopic (exact) mass is 245 g/mol. The molecule has 1 aromatic heterocycles. The largest absolute Gasteiger partial charge is 0.315 e. The fourth-order valence-electron chi connectivity index (χ4n) is 1.65. The van der Waals surface area contributed by atoms with E-state index < -0.39 is 0 Å². The highest BCUT2D eigenvalue weighted by atomic mass is 32.1. The van der Waals surface area contributed by atoms with Crippen molar-refractivity contribution < 1.29 is 4.79 Å². The fourth-order valence-corrected chi connectivity index (χ4v) is 2.35. The molecule has 1 heterocycles. The van der Waals surface area contributed by atoms with Crippen molar-refractivity contribution in [2.24, 2.45) is 0 Å². The maximum atomic E-state index is 12.0. The Labute approximate surface area is 106 Å². The molecule has 0 unspecified atom stereocenters. The summed E-state index contributed by atoms with van der Waals surface area (Å²) < 4.78 is 0. The van der Waals surface area contributed by atoms with Gasteiger partial charge in [-0.05, 0) is 40.9 Å². The molecule has 0 atom stereocenters. The second kappa shape index (κ2) is 5.64. The Morgan fingerprint density at radius 1 is 1.24 bits per heavy atom. The average Bonchev–Trinajstić information content (AvgIpc) is 2.89. The second-order valence-electron chi connectivity index (χ2n) is 3.92. The van der Waals surface area contributed by atoms with E-state index >= 15 is 0 Å². The first kappa shape index (κ1) is 11.9. The minimum Gasteiger partial charge on any atom is -0.315 e. The summed E-state index contributed by atoms with van der Waals surface area (Å²) in [5.41, 5.74) is 2.19. The number of carbonyl (C=O) groups excluding carboxylic acids is 1. The van der Waals surface area contributed by atoms with E-state index in [2.05, 4.69) is 11.4 Å². The Morgan fingerprint density at radius 3 is 2.65 bits per heavy atom. The number of anilines is 1. The third-order valence-corrected chi connectivity index (χ3v) is 3.46. The molecule has 0 aliphatic rings. The van der Waals surface area contributed by atoms with Crippen LogP contribution in [0.1, 0.15) is 12.0 Å². The fraction of sp³-hybridized carbons (Fsp3) is 0.214. The number of rotatable bonds is 4. The van der Waals surface area contributed by atoms with Crippen molar-refractivity contribution in [3.63, 3.8) is 0 Å². The van der Waals surface area contributed by atoms with Crippen LogP contribution in [0.25, 0.3) is 0 Å². The van der Waals surface area contributed by atoms with Gasteiger partial charge in [-0.15, -0.1) is 0 Å². The average molecular weight is 245 g/mol. The van der Waals surface area contributed by atoms with Crippen LogP contribution in [0.3, 0.4) is 0 Å². The molecular formula is C14H15NOS. The predicted molar refractivity (Wildman–Crippen MR) is 72.5 cm³/mol. The second-order valence-corrected chi connectivity index (χ2v) is 4.70. The highest BCUT2D eigenvalue weighted by molar-refractivity contribution is 7.07. The predicted octanol–water partition coefficient (Wildman–Crippen LogP) is 3.34. The highest BCUT2D eigenvalue weighted by Crippen LogP contribution is 2.14. The van der Waals surface area contributed by atoms with Crippen molar-refractivity contribution in [3.05, 3.63) is 52.7 Å². The van der Waals surface area contributed by atoms with Crippen LogP contribution < -0.4 is 4.90 Å². The van der Waals surface area contributed by atoms with Crippen LogP contribution in [0, 0.1) is 0 Å². The topological polar surface area (TPSA) is 20.3 Å². The van der Waals surface area contributed by atoms with Crippen molar-refractivity contribution in [2.75, 3.05) is 11.9 Å². The molecule has 1 aromatic carbocycles. The Kier molecular flexibility index (Phi) is 3.94. The first-order chi connectivity index (χ1) is 8.27. The lowest BCUT2D eigenvalue weighted by Gasteiger charge is -2.16. The van der Waals surface area contributed by atoms with E-state index in [1.54, 1.807) is 16.2 Å². The normalized spacial score (nSPS) is 10.2. The maximum Gasteiger partial charge on any atom is 0.227 e. The minimum absolute atomic E-state index is 0.155. The van der Waals surface area contributed by atoms with Gasteiger partial charge in [-0.3, -0.25) is 4.79 Å². The molecular weight excluding hydrogens is 230 g/mol. The summed E-state index contributed by atoms with van der Waals surface area (Å²) in [6.45, 7) is 0. The van der Waals surface area contributed by atoms with Crippen LogP contribution in [0.2, 0.25) is 0 Å². The van der Waals surface area contributed by atoms with Gasteiger partial charge in [0.25, 0.3) is 0 Å². The summed E-state index contributed by atoms with van der Waals surface area (Å²) in [6.07, 6.45) is 1.38. The van der Waals surface area contributed by atoms with Gasteiger partial charge in [-0.1, -0.05) is 18.2 Å². The molecule has 2 rings (SSSR count). The number of para-hydroxylation sites is 1. The summed E-state index contributed by atoms with van der Waals surface area (Å²) in [4.78, 5) is 13.7.